The zero-order valence-corrected chi connectivity index (χ0v) is 12.7. The highest BCUT2D eigenvalue weighted by atomic mass is 16.1. The molecule has 6 heteroatoms. The number of aromatic nitrogens is 4. The van der Waals surface area contributed by atoms with Crippen molar-refractivity contribution in [2.24, 2.45) is 0 Å². The predicted molar refractivity (Wildman–Crippen MR) is 84.8 cm³/mol. The lowest BCUT2D eigenvalue weighted by Gasteiger charge is -2.07. The van der Waals surface area contributed by atoms with Gasteiger partial charge in [0.15, 0.2) is 5.65 Å². The quantitative estimate of drug-likeness (QED) is 0.806. The molecule has 1 amide bonds. The van der Waals surface area contributed by atoms with Crippen molar-refractivity contribution in [1.82, 2.24) is 19.7 Å². The van der Waals surface area contributed by atoms with Crippen LogP contribution in [0.25, 0.3) is 11.0 Å². The number of nitrogens with one attached hydrogen (secondary N) is 1. The molecule has 0 spiro atoms. The van der Waals surface area contributed by atoms with Crippen LogP contribution in [0.3, 0.4) is 0 Å². The third-order valence-corrected chi connectivity index (χ3v) is 3.31. The SMILES string of the molecule is Cc1cccc(NC(=O)c2cnc3c(cnn3C(C)C)c2)n1. The molecule has 0 atom stereocenters. The summed E-state index contributed by atoms with van der Waals surface area (Å²) in [6.45, 7) is 5.96. The van der Waals surface area contributed by atoms with E-state index in [9.17, 15) is 4.79 Å². The topological polar surface area (TPSA) is 72.7 Å². The minimum Gasteiger partial charge on any atom is -0.307 e. The maximum absolute atomic E-state index is 12.3. The second-order valence-electron chi connectivity index (χ2n) is 5.44. The minimum absolute atomic E-state index is 0.223. The average Bonchev–Trinajstić information content (AvgIpc) is 2.90. The highest BCUT2D eigenvalue weighted by molar-refractivity contribution is 6.05. The van der Waals surface area contributed by atoms with E-state index in [1.165, 1.54) is 0 Å². The van der Waals surface area contributed by atoms with Crippen LogP contribution in [0, 0.1) is 6.92 Å². The van der Waals surface area contributed by atoms with E-state index in [4.69, 9.17) is 0 Å². The molecular weight excluding hydrogens is 278 g/mol. The van der Waals surface area contributed by atoms with Gasteiger partial charge in [-0.3, -0.25) is 4.79 Å². The number of amides is 1. The monoisotopic (exact) mass is 295 g/mol. The van der Waals surface area contributed by atoms with E-state index < -0.39 is 0 Å². The molecule has 112 valence electrons. The number of carbonyl (C=O) groups is 1. The van der Waals surface area contributed by atoms with Crippen LogP contribution in [0.1, 0.15) is 35.9 Å². The number of carbonyl (C=O) groups excluding carboxylic acids is 1. The van der Waals surface area contributed by atoms with E-state index in [0.29, 0.717) is 11.4 Å². The Morgan fingerprint density at radius 1 is 1.27 bits per heavy atom. The molecule has 0 aliphatic rings. The summed E-state index contributed by atoms with van der Waals surface area (Å²) in [5.41, 5.74) is 2.11. The van der Waals surface area contributed by atoms with Crippen LogP contribution < -0.4 is 5.32 Å². The number of nitrogens with zero attached hydrogens (tertiary/aromatic N) is 4. The lowest BCUT2D eigenvalue weighted by atomic mass is 10.2. The Balaban J connectivity index is 1.88. The van der Waals surface area contributed by atoms with Gasteiger partial charge in [-0.25, -0.2) is 14.6 Å². The van der Waals surface area contributed by atoms with Gasteiger partial charge >= 0.3 is 0 Å². The molecule has 3 rings (SSSR count). The van der Waals surface area contributed by atoms with E-state index in [0.717, 1.165) is 16.7 Å². The summed E-state index contributed by atoms with van der Waals surface area (Å²) in [5, 5.41) is 7.92. The first-order chi connectivity index (χ1) is 10.5. The average molecular weight is 295 g/mol. The molecule has 3 aromatic rings. The first-order valence-corrected chi connectivity index (χ1v) is 7.13. The van der Waals surface area contributed by atoms with E-state index >= 15 is 0 Å². The molecule has 0 fully saturated rings. The molecule has 6 nitrogen and oxygen atoms in total. The fourth-order valence-electron chi connectivity index (χ4n) is 2.24. The Morgan fingerprint density at radius 3 is 2.82 bits per heavy atom. The first kappa shape index (κ1) is 14.2. The standard InChI is InChI=1S/C16H17N5O/c1-10(2)21-15-12(9-18-21)7-13(8-17-15)16(22)20-14-6-4-5-11(3)19-14/h4-10H,1-3H3,(H,19,20,22). The van der Waals surface area contributed by atoms with Crippen LogP contribution in [0.4, 0.5) is 5.82 Å². The van der Waals surface area contributed by atoms with Gasteiger partial charge in [-0.1, -0.05) is 6.07 Å². The highest BCUT2D eigenvalue weighted by Crippen LogP contribution is 2.17. The molecule has 1 N–H and O–H groups in total. The third-order valence-electron chi connectivity index (χ3n) is 3.31. The molecule has 3 heterocycles. The van der Waals surface area contributed by atoms with Crippen molar-refractivity contribution < 1.29 is 4.79 Å². The molecule has 0 aliphatic carbocycles. The maximum atomic E-state index is 12.3. The van der Waals surface area contributed by atoms with Gasteiger partial charge in [0.2, 0.25) is 0 Å². The Hall–Kier alpha value is -2.76. The zero-order chi connectivity index (χ0) is 15.7. The molecule has 0 unspecified atom stereocenters. The molecule has 22 heavy (non-hydrogen) atoms. The Bertz CT molecular complexity index is 837. The second kappa shape index (κ2) is 5.55. The maximum Gasteiger partial charge on any atom is 0.258 e. The van der Waals surface area contributed by atoms with Gasteiger partial charge in [0.05, 0.1) is 11.8 Å². The summed E-state index contributed by atoms with van der Waals surface area (Å²) in [7, 11) is 0. The number of hydrogen-bond donors (Lipinski definition) is 1. The molecule has 0 bridgehead atoms. The van der Waals surface area contributed by atoms with Gasteiger partial charge in [0.1, 0.15) is 5.82 Å². The molecule has 0 radical (unpaired) electrons. The lowest BCUT2D eigenvalue weighted by molar-refractivity contribution is 0.102. The molecule has 0 saturated heterocycles. The van der Waals surface area contributed by atoms with Crippen molar-refractivity contribution in [3.05, 3.63) is 47.9 Å². The van der Waals surface area contributed by atoms with Crippen LogP contribution >= 0.6 is 0 Å². The molecule has 3 aromatic heterocycles. The lowest BCUT2D eigenvalue weighted by Crippen LogP contribution is -2.13. The van der Waals surface area contributed by atoms with Crippen LogP contribution in [0.5, 0.6) is 0 Å². The Kier molecular flexibility index (Phi) is 3.58. The number of rotatable bonds is 3. The summed E-state index contributed by atoms with van der Waals surface area (Å²) < 4.78 is 1.83. The van der Waals surface area contributed by atoms with E-state index in [1.54, 1.807) is 24.5 Å². The zero-order valence-electron chi connectivity index (χ0n) is 12.7. The normalized spacial score (nSPS) is 11.1. The summed E-state index contributed by atoms with van der Waals surface area (Å²) in [6, 6.07) is 7.50. The summed E-state index contributed by atoms with van der Waals surface area (Å²) >= 11 is 0. The molecule has 0 saturated carbocycles. The largest absolute Gasteiger partial charge is 0.307 e. The van der Waals surface area contributed by atoms with Crippen molar-refractivity contribution in [3.8, 4) is 0 Å². The summed E-state index contributed by atoms with van der Waals surface area (Å²) in [5.74, 6) is 0.299. The highest BCUT2D eigenvalue weighted by Gasteiger charge is 2.12. The van der Waals surface area contributed by atoms with Gasteiger partial charge in [-0.05, 0) is 39.0 Å². The Labute approximate surface area is 128 Å². The number of anilines is 1. The Morgan fingerprint density at radius 2 is 2.09 bits per heavy atom. The summed E-state index contributed by atoms with van der Waals surface area (Å²) in [4.78, 5) is 20.9. The van der Waals surface area contributed by atoms with Gasteiger partial charge in [-0.15, -0.1) is 0 Å². The first-order valence-electron chi connectivity index (χ1n) is 7.13. The number of fused-ring (bicyclic) bond motifs is 1. The fraction of sp³-hybridized carbons (Fsp3) is 0.250. The van der Waals surface area contributed by atoms with E-state index in [-0.39, 0.29) is 11.9 Å². The van der Waals surface area contributed by atoms with Gasteiger partial charge in [-0.2, -0.15) is 5.10 Å². The minimum atomic E-state index is -0.232. The van der Waals surface area contributed by atoms with Crippen LogP contribution in [-0.4, -0.2) is 25.7 Å². The van der Waals surface area contributed by atoms with Gasteiger partial charge in [0, 0.05) is 23.3 Å². The van der Waals surface area contributed by atoms with Crippen molar-refractivity contribution >= 4 is 22.8 Å². The van der Waals surface area contributed by atoms with Gasteiger partial charge in [0.25, 0.3) is 5.91 Å². The number of hydrogen-bond acceptors (Lipinski definition) is 4. The predicted octanol–water partition coefficient (Wildman–Crippen LogP) is 2.97. The van der Waals surface area contributed by atoms with Crippen molar-refractivity contribution in [3.63, 3.8) is 0 Å². The smallest absolute Gasteiger partial charge is 0.258 e. The second-order valence-corrected chi connectivity index (χ2v) is 5.44. The van der Waals surface area contributed by atoms with Crippen LogP contribution in [-0.2, 0) is 0 Å². The van der Waals surface area contributed by atoms with Crippen molar-refractivity contribution in [2.45, 2.75) is 26.8 Å². The van der Waals surface area contributed by atoms with Crippen LogP contribution in [0.15, 0.2) is 36.7 Å². The van der Waals surface area contributed by atoms with E-state index in [2.05, 4.69) is 20.4 Å². The summed E-state index contributed by atoms with van der Waals surface area (Å²) in [6.07, 6.45) is 3.29. The van der Waals surface area contributed by atoms with E-state index in [1.807, 2.05) is 37.6 Å². The number of pyridine rings is 2. The van der Waals surface area contributed by atoms with Crippen molar-refractivity contribution in [2.75, 3.05) is 5.32 Å². The van der Waals surface area contributed by atoms with Gasteiger partial charge < -0.3 is 5.32 Å². The third kappa shape index (κ3) is 2.67. The van der Waals surface area contributed by atoms with Crippen molar-refractivity contribution in [1.29, 1.82) is 0 Å². The molecular formula is C16H17N5O. The molecule has 0 aromatic carbocycles. The van der Waals surface area contributed by atoms with Crippen LogP contribution in [0.2, 0.25) is 0 Å². The fourth-order valence-corrected chi connectivity index (χ4v) is 2.24. The number of aryl methyl sites for hydroxylation is 1. The molecule has 0 aliphatic heterocycles.